The third-order valence-electron chi connectivity index (χ3n) is 4.88. The zero-order chi connectivity index (χ0) is 22.3. The second kappa shape index (κ2) is 8.35. The summed E-state index contributed by atoms with van der Waals surface area (Å²) in [5, 5.41) is 0. The maximum Gasteiger partial charge on any atom is 0.418 e. The van der Waals surface area contributed by atoms with E-state index in [1.807, 2.05) is 0 Å². The normalized spacial score (nSPS) is 18.5. The van der Waals surface area contributed by atoms with Crippen molar-refractivity contribution in [1.29, 1.82) is 0 Å². The number of nitrogens with zero attached hydrogens (tertiary/aromatic N) is 2. The number of rotatable bonds is 4. The lowest BCUT2D eigenvalue weighted by molar-refractivity contribution is -0.137. The summed E-state index contributed by atoms with van der Waals surface area (Å²) in [6.45, 7) is 1.62. The van der Waals surface area contributed by atoms with Gasteiger partial charge in [0.05, 0.1) is 12.7 Å². The van der Waals surface area contributed by atoms with Crippen molar-refractivity contribution in [3.05, 3.63) is 52.3 Å². The van der Waals surface area contributed by atoms with Crippen LogP contribution in [0.4, 0.5) is 23.2 Å². The van der Waals surface area contributed by atoms with Gasteiger partial charge in [-0.05, 0) is 43.3 Å². The van der Waals surface area contributed by atoms with Crippen molar-refractivity contribution in [2.75, 3.05) is 31.6 Å². The summed E-state index contributed by atoms with van der Waals surface area (Å²) in [5.74, 6) is -0.812. The van der Waals surface area contributed by atoms with Gasteiger partial charge in [-0.3, -0.25) is 0 Å². The molecule has 0 amide bonds. The number of hydrogen-bond donors (Lipinski definition) is 0. The monoisotopic (exact) mass is 510 g/mol. The standard InChI is InChI=1S/C19H19BrF4N2O3S/c1-12-11-25(16-5-4-14(21)10-15(16)19(22,23)24)7-8-26(12)30(27,28)18-9-13(20)3-6-17(18)29-2/h3-6,9-10,12H,7-8,11H2,1-2H3/t12-/m1/s1. The van der Waals surface area contributed by atoms with Crippen LogP contribution in [0.5, 0.6) is 5.75 Å². The van der Waals surface area contributed by atoms with Crippen LogP contribution < -0.4 is 9.64 Å². The molecule has 1 saturated heterocycles. The highest BCUT2D eigenvalue weighted by Crippen LogP contribution is 2.38. The van der Waals surface area contributed by atoms with Gasteiger partial charge in [-0.2, -0.15) is 17.5 Å². The molecule has 1 aliphatic heterocycles. The van der Waals surface area contributed by atoms with Gasteiger partial charge < -0.3 is 9.64 Å². The molecule has 164 valence electrons. The van der Waals surface area contributed by atoms with E-state index in [2.05, 4.69) is 15.9 Å². The van der Waals surface area contributed by atoms with Gasteiger partial charge in [0.15, 0.2) is 0 Å². The highest BCUT2D eigenvalue weighted by atomic mass is 79.9. The number of methoxy groups -OCH3 is 1. The quantitative estimate of drug-likeness (QED) is 0.567. The van der Waals surface area contributed by atoms with Gasteiger partial charge in [-0.1, -0.05) is 15.9 Å². The van der Waals surface area contributed by atoms with E-state index < -0.39 is 33.6 Å². The highest BCUT2D eigenvalue weighted by molar-refractivity contribution is 9.10. The molecule has 1 fully saturated rings. The van der Waals surface area contributed by atoms with E-state index in [1.54, 1.807) is 13.0 Å². The molecule has 11 heteroatoms. The van der Waals surface area contributed by atoms with Crippen LogP contribution in [0.2, 0.25) is 0 Å². The number of alkyl halides is 3. The van der Waals surface area contributed by atoms with Crippen LogP contribution in [0.3, 0.4) is 0 Å². The predicted molar refractivity (Wildman–Crippen MR) is 108 cm³/mol. The number of halogens is 5. The Labute approximate surface area is 180 Å². The molecule has 0 bridgehead atoms. The van der Waals surface area contributed by atoms with E-state index in [4.69, 9.17) is 4.74 Å². The molecule has 2 aromatic rings. The molecular formula is C19H19BrF4N2O3S. The summed E-state index contributed by atoms with van der Waals surface area (Å²) in [5.41, 5.74) is -1.26. The molecule has 30 heavy (non-hydrogen) atoms. The predicted octanol–water partition coefficient (Wildman–Crippen LogP) is 4.52. The first kappa shape index (κ1) is 22.8. The Morgan fingerprint density at radius 3 is 2.43 bits per heavy atom. The number of benzene rings is 2. The van der Waals surface area contributed by atoms with Crippen molar-refractivity contribution >= 4 is 31.6 Å². The number of piperazine rings is 1. The van der Waals surface area contributed by atoms with Crippen LogP contribution in [0.15, 0.2) is 45.8 Å². The molecule has 1 atom stereocenters. The van der Waals surface area contributed by atoms with Gasteiger partial charge in [0.2, 0.25) is 10.0 Å². The lowest BCUT2D eigenvalue weighted by Crippen LogP contribution is -2.54. The topological polar surface area (TPSA) is 49.9 Å². The number of ether oxygens (including phenoxy) is 1. The minimum atomic E-state index is -4.73. The van der Waals surface area contributed by atoms with E-state index in [0.29, 0.717) is 10.5 Å². The molecule has 1 aliphatic rings. The van der Waals surface area contributed by atoms with E-state index in [0.717, 1.165) is 12.1 Å². The Morgan fingerprint density at radius 1 is 1.13 bits per heavy atom. The maximum atomic E-state index is 13.4. The SMILES string of the molecule is COc1ccc(Br)cc1S(=O)(=O)N1CCN(c2ccc(F)cc2C(F)(F)F)C[C@H]1C. The van der Waals surface area contributed by atoms with Gasteiger partial charge in [-0.25, -0.2) is 12.8 Å². The Bertz CT molecular complexity index is 1050. The fourth-order valence-corrected chi connectivity index (χ4v) is 5.82. The summed E-state index contributed by atoms with van der Waals surface area (Å²) >= 11 is 3.25. The summed E-state index contributed by atoms with van der Waals surface area (Å²) < 4.78 is 86.9. The molecule has 0 unspecified atom stereocenters. The third-order valence-corrected chi connectivity index (χ3v) is 7.41. The molecule has 0 aliphatic carbocycles. The lowest BCUT2D eigenvalue weighted by Gasteiger charge is -2.40. The van der Waals surface area contributed by atoms with Crippen LogP contribution in [-0.2, 0) is 16.2 Å². The summed E-state index contributed by atoms with van der Waals surface area (Å²) in [6, 6.07) is 6.46. The Morgan fingerprint density at radius 2 is 1.83 bits per heavy atom. The second-order valence-corrected chi connectivity index (χ2v) is 9.64. The zero-order valence-corrected chi connectivity index (χ0v) is 18.5. The van der Waals surface area contributed by atoms with Gasteiger partial charge >= 0.3 is 6.18 Å². The molecule has 0 radical (unpaired) electrons. The van der Waals surface area contributed by atoms with E-state index in [9.17, 15) is 26.0 Å². The fraction of sp³-hybridized carbons (Fsp3) is 0.368. The van der Waals surface area contributed by atoms with Crippen molar-refractivity contribution in [1.82, 2.24) is 4.31 Å². The van der Waals surface area contributed by atoms with Gasteiger partial charge in [0.25, 0.3) is 0 Å². The van der Waals surface area contributed by atoms with Crippen molar-refractivity contribution in [2.24, 2.45) is 0 Å². The second-order valence-electron chi connectivity index (χ2n) is 6.87. The molecule has 1 heterocycles. The number of hydrogen-bond acceptors (Lipinski definition) is 4. The van der Waals surface area contributed by atoms with Gasteiger partial charge in [-0.15, -0.1) is 0 Å². The molecular weight excluding hydrogens is 492 g/mol. The molecule has 2 aromatic carbocycles. The maximum absolute atomic E-state index is 13.4. The van der Waals surface area contributed by atoms with Crippen LogP contribution in [0.1, 0.15) is 12.5 Å². The summed E-state index contributed by atoms with van der Waals surface area (Å²) in [4.78, 5) is 1.40. The average Bonchev–Trinajstić information content (AvgIpc) is 2.67. The zero-order valence-electron chi connectivity index (χ0n) is 16.1. The fourth-order valence-electron chi connectivity index (χ4n) is 3.51. The molecule has 0 N–H and O–H groups in total. The first-order valence-electron chi connectivity index (χ1n) is 8.92. The van der Waals surface area contributed by atoms with Crippen molar-refractivity contribution in [3.63, 3.8) is 0 Å². The van der Waals surface area contributed by atoms with E-state index in [-0.39, 0.29) is 36.0 Å². The first-order valence-corrected chi connectivity index (χ1v) is 11.2. The van der Waals surface area contributed by atoms with Gasteiger partial charge in [0.1, 0.15) is 16.5 Å². The Kier molecular flexibility index (Phi) is 6.35. The minimum Gasteiger partial charge on any atom is -0.495 e. The number of sulfonamides is 1. The highest BCUT2D eigenvalue weighted by Gasteiger charge is 2.39. The number of anilines is 1. The van der Waals surface area contributed by atoms with Crippen LogP contribution in [0, 0.1) is 5.82 Å². The summed E-state index contributed by atoms with van der Waals surface area (Å²) in [6.07, 6.45) is -4.73. The molecule has 5 nitrogen and oxygen atoms in total. The van der Waals surface area contributed by atoms with Crippen LogP contribution >= 0.6 is 15.9 Å². The van der Waals surface area contributed by atoms with E-state index in [1.165, 1.54) is 28.4 Å². The first-order chi connectivity index (χ1) is 13.9. The van der Waals surface area contributed by atoms with Crippen LogP contribution in [-0.4, -0.2) is 45.5 Å². The largest absolute Gasteiger partial charge is 0.495 e. The molecule has 0 saturated carbocycles. The molecule has 3 rings (SSSR count). The third kappa shape index (κ3) is 4.42. The van der Waals surface area contributed by atoms with E-state index >= 15 is 0 Å². The average molecular weight is 511 g/mol. The minimum absolute atomic E-state index is 0.0181. The lowest BCUT2D eigenvalue weighted by atomic mass is 10.1. The Balaban J connectivity index is 1.91. The summed E-state index contributed by atoms with van der Waals surface area (Å²) in [7, 11) is -2.60. The van der Waals surface area contributed by atoms with Crippen molar-refractivity contribution in [3.8, 4) is 5.75 Å². The van der Waals surface area contributed by atoms with Gasteiger partial charge in [0, 0.05) is 35.8 Å². The molecule has 0 aromatic heterocycles. The van der Waals surface area contributed by atoms with Crippen molar-refractivity contribution < 1.29 is 30.7 Å². The van der Waals surface area contributed by atoms with Crippen LogP contribution in [0.25, 0.3) is 0 Å². The van der Waals surface area contributed by atoms with Crippen molar-refractivity contribution in [2.45, 2.75) is 24.0 Å². The smallest absolute Gasteiger partial charge is 0.418 e. The Hall–Kier alpha value is -1.85. The molecule has 0 spiro atoms.